The standard InChI is InChI=1S/C22H23ClN4O4.C2H6O/c1-12(2)30-21-18(23)10-15(11-24-21)20-26-19(27-31-20)13-3-6-16(7-4-13)25-17-8-5-14(9-17)22(28)29;1-2-3/h3-4,6-7,10-12,14,17,25H,5,8-9H2,1-2H3,(H,28,29);3H,2H2,1H3/t14-,17+;/m1./s1. The fourth-order valence-corrected chi connectivity index (χ4v) is 3.81. The van der Waals surface area contributed by atoms with Crippen molar-refractivity contribution in [2.75, 3.05) is 11.9 Å². The van der Waals surface area contributed by atoms with E-state index in [9.17, 15) is 4.79 Å². The summed E-state index contributed by atoms with van der Waals surface area (Å²) < 4.78 is 10.9. The van der Waals surface area contributed by atoms with Crippen LogP contribution < -0.4 is 10.1 Å². The van der Waals surface area contributed by atoms with Crippen LogP contribution in [0.1, 0.15) is 40.0 Å². The van der Waals surface area contributed by atoms with E-state index in [-0.39, 0.29) is 24.7 Å². The quantitative estimate of drug-likeness (QED) is 0.424. The van der Waals surface area contributed by atoms with Gasteiger partial charge in [-0.2, -0.15) is 4.98 Å². The summed E-state index contributed by atoms with van der Waals surface area (Å²) in [5, 5.41) is 24.5. The Labute approximate surface area is 203 Å². The molecule has 0 amide bonds. The number of benzene rings is 1. The zero-order valence-electron chi connectivity index (χ0n) is 19.4. The fourth-order valence-electron chi connectivity index (χ4n) is 3.60. The lowest BCUT2D eigenvalue weighted by molar-refractivity contribution is -0.141. The van der Waals surface area contributed by atoms with Gasteiger partial charge < -0.3 is 24.8 Å². The molecule has 0 spiro atoms. The van der Waals surface area contributed by atoms with Crippen molar-refractivity contribution >= 4 is 23.3 Å². The minimum atomic E-state index is -0.717. The largest absolute Gasteiger partial charge is 0.481 e. The maximum Gasteiger partial charge on any atom is 0.306 e. The number of aliphatic carboxylic acids is 1. The molecule has 182 valence electrons. The van der Waals surface area contributed by atoms with Crippen molar-refractivity contribution in [1.82, 2.24) is 15.1 Å². The van der Waals surface area contributed by atoms with E-state index in [0.717, 1.165) is 17.7 Å². The van der Waals surface area contributed by atoms with Gasteiger partial charge in [0.1, 0.15) is 5.02 Å². The second-order valence-electron chi connectivity index (χ2n) is 8.18. The molecule has 1 fully saturated rings. The molecule has 0 radical (unpaired) electrons. The SMILES string of the molecule is CC(C)Oc1ncc(-c2nc(-c3ccc(N[C@H]4CC[C@@H](C(=O)O)C4)cc3)no2)cc1Cl.CCO. The molecule has 2 atom stereocenters. The number of hydrogen-bond acceptors (Lipinski definition) is 8. The Hall–Kier alpha value is -3.17. The lowest BCUT2D eigenvalue weighted by Gasteiger charge is -2.14. The Morgan fingerprint density at radius 1 is 1.26 bits per heavy atom. The van der Waals surface area contributed by atoms with E-state index in [1.54, 1.807) is 19.2 Å². The van der Waals surface area contributed by atoms with Crippen LogP contribution in [0, 0.1) is 5.92 Å². The maximum absolute atomic E-state index is 11.1. The van der Waals surface area contributed by atoms with E-state index in [1.807, 2.05) is 38.1 Å². The Bertz CT molecular complexity index is 1090. The van der Waals surface area contributed by atoms with Crippen molar-refractivity contribution in [3.05, 3.63) is 41.6 Å². The average molecular weight is 489 g/mol. The topological polar surface area (TPSA) is 131 Å². The monoisotopic (exact) mass is 488 g/mol. The number of carboxylic acid groups (broad SMARTS) is 1. The van der Waals surface area contributed by atoms with Gasteiger partial charge in [0, 0.05) is 30.1 Å². The van der Waals surface area contributed by atoms with Gasteiger partial charge in [0.15, 0.2) is 0 Å². The molecule has 1 saturated carbocycles. The number of ether oxygens (including phenoxy) is 1. The number of nitrogens with zero attached hydrogens (tertiary/aromatic N) is 3. The van der Waals surface area contributed by atoms with E-state index >= 15 is 0 Å². The highest BCUT2D eigenvalue weighted by atomic mass is 35.5. The van der Waals surface area contributed by atoms with Gasteiger partial charge in [0.25, 0.3) is 5.89 Å². The lowest BCUT2D eigenvalue weighted by atomic mass is 10.1. The van der Waals surface area contributed by atoms with E-state index < -0.39 is 5.97 Å². The van der Waals surface area contributed by atoms with Crippen molar-refractivity contribution in [3.63, 3.8) is 0 Å². The van der Waals surface area contributed by atoms with Crippen molar-refractivity contribution in [2.45, 2.75) is 52.2 Å². The molecule has 0 aliphatic heterocycles. The van der Waals surface area contributed by atoms with E-state index in [0.29, 0.717) is 41.0 Å². The molecule has 9 nitrogen and oxygen atoms in total. The van der Waals surface area contributed by atoms with Crippen LogP contribution >= 0.6 is 11.6 Å². The van der Waals surface area contributed by atoms with Crippen molar-refractivity contribution in [1.29, 1.82) is 0 Å². The van der Waals surface area contributed by atoms with Crippen LogP contribution in [0.15, 0.2) is 41.1 Å². The van der Waals surface area contributed by atoms with Gasteiger partial charge >= 0.3 is 5.97 Å². The zero-order chi connectivity index (χ0) is 24.7. The first-order chi connectivity index (χ1) is 16.3. The molecule has 3 aromatic rings. The summed E-state index contributed by atoms with van der Waals surface area (Å²) in [4.78, 5) is 19.8. The summed E-state index contributed by atoms with van der Waals surface area (Å²) in [5.41, 5.74) is 2.33. The molecule has 3 N–H and O–H groups in total. The van der Waals surface area contributed by atoms with Crippen LogP contribution in [0.2, 0.25) is 5.02 Å². The first-order valence-electron chi connectivity index (χ1n) is 11.2. The summed E-state index contributed by atoms with van der Waals surface area (Å²) in [6.45, 7) is 5.73. The number of carboxylic acids is 1. The molecule has 1 aromatic carbocycles. The molecule has 0 unspecified atom stereocenters. The summed E-state index contributed by atoms with van der Waals surface area (Å²) >= 11 is 6.24. The Balaban J connectivity index is 0.00000103. The smallest absolute Gasteiger partial charge is 0.306 e. The Morgan fingerprint density at radius 3 is 2.56 bits per heavy atom. The van der Waals surface area contributed by atoms with E-state index in [2.05, 4.69) is 20.4 Å². The number of rotatable bonds is 7. The molecular formula is C24H29ClN4O5. The Morgan fingerprint density at radius 2 is 1.97 bits per heavy atom. The minimum Gasteiger partial charge on any atom is -0.481 e. The van der Waals surface area contributed by atoms with Crippen LogP contribution in [0.25, 0.3) is 22.8 Å². The number of aliphatic hydroxyl groups is 1. The van der Waals surface area contributed by atoms with Crippen LogP contribution in [-0.2, 0) is 4.79 Å². The van der Waals surface area contributed by atoms with Gasteiger partial charge in [0.05, 0.1) is 17.6 Å². The number of aliphatic hydroxyl groups excluding tert-OH is 1. The molecule has 4 rings (SSSR count). The summed E-state index contributed by atoms with van der Waals surface area (Å²) in [6.07, 6.45) is 3.75. The molecule has 1 aliphatic carbocycles. The predicted molar refractivity (Wildman–Crippen MR) is 129 cm³/mol. The molecule has 2 aromatic heterocycles. The third kappa shape index (κ3) is 6.68. The van der Waals surface area contributed by atoms with Gasteiger partial charge in [-0.1, -0.05) is 16.8 Å². The lowest BCUT2D eigenvalue weighted by Crippen LogP contribution is -2.17. The number of hydrogen-bond donors (Lipinski definition) is 3. The first kappa shape index (κ1) is 25.5. The normalized spacial score (nSPS) is 17.2. The van der Waals surface area contributed by atoms with Crippen molar-refractivity contribution in [3.8, 4) is 28.7 Å². The molecule has 34 heavy (non-hydrogen) atoms. The molecule has 0 saturated heterocycles. The number of nitrogens with one attached hydrogen (secondary N) is 1. The molecule has 2 heterocycles. The highest BCUT2D eigenvalue weighted by molar-refractivity contribution is 6.32. The highest BCUT2D eigenvalue weighted by Gasteiger charge is 2.29. The van der Waals surface area contributed by atoms with E-state index in [4.69, 9.17) is 31.1 Å². The summed E-state index contributed by atoms with van der Waals surface area (Å²) in [6, 6.07) is 9.49. The van der Waals surface area contributed by atoms with Crippen molar-refractivity contribution in [2.24, 2.45) is 5.92 Å². The predicted octanol–water partition coefficient (Wildman–Crippen LogP) is 4.90. The van der Waals surface area contributed by atoms with E-state index in [1.165, 1.54) is 0 Å². The number of aromatic nitrogens is 3. The summed E-state index contributed by atoms with van der Waals surface area (Å²) in [5.74, 6) is 0.148. The van der Waals surface area contributed by atoms with Gasteiger partial charge in [-0.25, -0.2) is 4.98 Å². The molecular weight excluding hydrogens is 460 g/mol. The number of pyridine rings is 1. The molecule has 0 bridgehead atoms. The third-order valence-electron chi connectivity index (χ3n) is 5.12. The number of anilines is 1. The maximum atomic E-state index is 11.1. The van der Waals surface area contributed by atoms with Gasteiger partial charge in [0.2, 0.25) is 11.7 Å². The number of carbonyl (C=O) groups is 1. The van der Waals surface area contributed by atoms with Gasteiger partial charge in [-0.3, -0.25) is 4.79 Å². The van der Waals surface area contributed by atoms with Gasteiger partial charge in [-0.05, 0) is 70.4 Å². The van der Waals surface area contributed by atoms with Crippen LogP contribution in [0.3, 0.4) is 0 Å². The average Bonchev–Trinajstić information content (AvgIpc) is 3.46. The van der Waals surface area contributed by atoms with Crippen LogP contribution in [0.5, 0.6) is 5.88 Å². The van der Waals surface area contributed by atoms with Crippen LogP contribution in [0.4, 0.5) is 5.69 Å². The molecule has 1 aliphatic rings. The number of halogens is 1. The van der Waals surface area contributed by atoms with Crippen molar-refractivity contribution < 1.29 is 24.3 Å². The first-order valence-corrected chi connectivity index (χ1v) is 11.5. The van der Waals surface area contributed by atoms with Gasteiger partial charge in [-0.15, -0.1) is 0 Å². The zero-order valence-corrected chi connectivity index (χ0v) is 20.1. The highest BCUT2D eigenvalue weighted by Crippen LogP contribution is 2.31. The summed E-state index contributed by atoms with van der Waals surface area (Å²) in [7, 11) is 0. The Kier molecular flexibility index (Phi) is 8.84. The minimum absolute atomic E-state index is 0.0319. The van der Waals surface area contributed by atoms with Crippen LogP contribution in [-0.4, -0.2) is 50.1 Å². The fraction of sp³-hybridized carbons (Fsp3) is 0.417. The third-order valence-corrected chi connectivity index (χ3v) is 5.39. The second-order valence-corrected chi connectivity index (χ2v) is 8.59. The second kappa shape index (κ2) is 11.8. The molecule has 10 heteroatoms.